The van der Waals surface area contributed by atoms with Gasteiger partial charge in [-0.25, -0.2) is 14.6 Å². The number of aliphatic imine (C=N–C) groups is 1. The van der Waals surface area contributed by atoms with Crippen molar-refractivity contribution in [3.8, 4) is 11.6 Å². The lowest BCUT2D eigenvalue weighted by molar-refractivity contribution is -0.143. The third kappa shape index (κ3) is 4.15. The SMILES string of the molecule is C=NCc1cc(NC(=O)c2cnn(-c3nccc4ncccc34)c2C(F)(F)F)cnc1-n1nccn1. The number of anilines is 1. The molecule has 0 spiro atoms. The quantitative estimate of drug-likeness (QED) is 0.360. The van der Waals surface area contributed by atoms with Crippen molar-refractivity contribution in [1.82, 2.24) is 39.7 Å². The third-order valence-electron chi connectivity index (χ3n) is 5.08. The van der Waals surface area contributed by atoms with Crippen LogP contribution in [0.1, 0.15) is 21.6 Å². The Kier molecular flexibility index (Phi) is 5.68. The van der Waals surface area contributed by atoms with Gasteiger partial charge < -0.3 is 5.32 Å². The summed E-state index contributed by atoms with van der Waals surface area (Å²) in [6.45, 7) is 3.56. The van der Waals surface area contributed by atoms with Crippen LogP contribution in [-0.4, -0.2) is 52.4 Å². The first-order chi connectivity index (χ1) is 17.4. The standard InChI is InChI=1S/C22H15F3N10O/c1-26-10-13-9-14(11-29-19(13)35-30-7-8-31-35)33-21(36)16-12-32-34(18(16)22(23,24)25)20-15-3-2-5-27-17(15)4-6-28-20/h2-9,11-12H,1,10H2,(H,33,36). The van der Waals surface area contributed by atoms with Crippen LogP contribution in [0, 0.1) is 0 Å². The molecule has 0 saturated carbocycles. The molecule has 5 aromatic rings. The highest BCUT2D eigenvalue weighted by atomic mass is 19.4. The number of aromatic nitrogens is 8. The highest BCUT2D eigenvalue weighted by Gasteiger charge is 2.41. The zero-order chi connectivity index (χ0) is 25.3. The highest BCUT2D eigenvalue weighted by molar-refractivity contribution is 6.05. The fourth-order valence-corrected chi connectivity index (χ4v) is 3.62. The summed E-state index contributed by atoms with van der Waals surface area (Å²) in [5.41, 5.74) is -0.895. The van der Waals surface area contributed by atoms with Crippen molar-refractivity contribution in [2.75, 3.05) is 5.32 Å². The molecule has 36 heavy (non-hydrogen) atoms. The summed E-state index contributed by atoms with van der Waals surface area (Å²) in [5.74, 6) is -0.801. The minimum atomic E-state index is -4.92. The maximum Gasteiger partial charge on any atom is 0.434 e. The van der Waals surface area contributed by atoms with Crippen LogP contribution in [0.25, 0.3) is 22.5 Å². The van der Waals surface area contributed by atoms with E-state index in [0.29, 0.717) is 27.0 Å². The van der Waals surface area contributed by atoms with Gasteiger partial charge >= 0.3 is 6.18 Å². The van der Waals surface area contributed by atoms with Gasteiger partial charge in [0.15, 0.2) is 17.3 Å². The third-order valence-corrected chi connectivity index (χ3v) is 5.08. The van der Waals surface area contributed by atoms with Crippen molar-refractivity contribution in [2.24, 2.45) is 4.99 Å². The Morgan fingerprint density at radius 1 is 1.00 bits per heavy atom. The molecule has 0 atom stereocenters. The van der Waals surface area contributed by atoms with Gasteiger partial charge in [0.2, 0.25) is 0 Å². The number of nitrogens with one attached hydrogen (secondary N) is 1. The number of hydrogen-bond donors (Lipinski definition) is 1. The van der Waals surface area contributed by atoms with Crippen LogP contribution in [0.3, 0.4) is 0 Å². The van der Waals surface area contributed by atoms with Crippen molar-refractivity contribution in [3.05, 3.63) is 78.3 Å². The van der Waals surface area contributed by atoms with E-state index in [-0.39, 0.29) is 18.1 Å². The van der Waals surface area contributed by atoms with E-state index in [1.807, 2.05) is 0 Å². The lowest BCUT2D eigenvalue weighted by Gasteiger charge is -2.14. The van der Waals surface area contributed by atoms with Gasteiger partial charge in [-0.05, 0) is 31.0 Å². The second-order valence-corrected chi connectivity index (χ2v) is 7.38. The Morgan fingerprint density at radius 3 is 2.56 bits per heavy atom. The molecule has 0 saturated heterocycles. The van der Waals surface area contributed by atoms with E-state index in [1.165, 1.54) is 41.8 Å². The van der Waals surface area contributed by atoms with Crippen molar-refractivity contribution in [3.63, 3.8) is 0 Å². The number of amides is 1. The molecular weight excluding hydrogens is 477 g/mol. The summed E-state index contributed by atoms with van der Waals surface area (Å²) in [6, 6.07) is 6.22. The summed E-state index contributed by atoms with van der Waals surface area (Å²) in [7, 11) is 0. The van der Waals surface area contributed by atoms with Gasteiger partial charge in [0.05, 0.1) is 48.1 Å². The summed E-state index contributed by atoms with van der Waals surface area (Å²) in [5, 5.41) is 14.6. The Morgan fingerprint density at radius 2 is 1.81 bits per heavy atom. The van der Waals surface area contributed by atoms with E-state index >= 15 is 0 Å². The van der Waals surface area contributed by atoms with Crippen LogP contribution >= 0.6 is 0 Å². The molecule has 5 aromatic heterocycles. The van der Waals surface area contributed by atoms with Gasteiger partial charge in [0.25, 0.3) is 5.91 Å². The number of pyridine rings is 3. The number of hydrogen-bond acceptors (Lipinski definition) is 8. The lowest BCUT2D eigenvalue weighted by Crippen LogP contribution is -2.21. The number of fused-ring (bicyclic) bond motifs is 1. The Bertz CT molecular complexity index is 1570. The highest BCUT2D eigenvalue weighted by Crippen LogP contribution is 2.35. The van der Waals surface area contributed by atoms with Crippen LogP contribution in [0.2, 0.25) is 0 Å². The number of alkyl halides is 3. The molecule has 0 radical (unpaired) electrons. The molecular formula is C22H15F3N10O. The largest absolute Gasteiger partial charge is 0.434 e. The van der Waals surface area contributed by atoms with Gasteiger partial charge in [-0.2, -0.15) is 28.5 Å². The Labute approximate surface area is 200 Å². The molecule has 0 aromatic carbocycles. The van der Waals surface area contributed by atoms with Gasteiger partial charge in [-0.1, -0.05) is 0 Å². The lowest BCUT2D eigenvalue weighted by atomic mass is 10.2. The zero-order valence-electron chi connectivity index (χ0n) is 18.3. The number of carbonyl (C=O) groups excluding carboxylic acids is 1. The molecule has 1 N–H and O–H groups in total. The molecule has 1 amide bonds. The molecule has 5 rings (SSSR count). The first kappa shape index (κ1) is 22.8. The second-order valence-electron chi connectivity index (χ2n) is 7.38. The Hall–Kier alpha value is -5.01. The molecule has 0 aliphatic heterocycles. The van der Waals surface area contributed by atoms with E-state index in [0.717, 1.165) is 6.20 Å². The van der Waals surface area contributed by atoms with Crippen molar-refractivity contribution < 1.29 is 18.0 Å². The van der Waals surface area contributed by atoms with Crippen molar-refractivity contribution >= 4 is 29.2 Å². The van der Waals surface area contributed by atoms with Crippen molar-refractivity contribution in [1.29, 1.82) is 0 Å². The minimum absolute atomic E-state index is 0.107. The van der Waals surface area contributed by atoms with Crippen LogP contribution in [0.5, 0.6) is 0 Å². The summed E-state index contributed by atoms with van der Waals surface area (Å²) >= 11 is 0. The Balaban J connectivity index is 1.54. The van der Waals surface area contributed by atoms with Crippen LogP contribution in [0.4, 0.5) is 18.9 Å². The van der Waals surface area contributed by atoms with Crippen molar-refractivity contribution in [2.45, 2.75) is 12.7 Å². The van der Waals surface area contributed by atoms with E-state index in [1.54, 1.807) is 18.2 Å². The normalized spacial score (nSPS) is 11.5. The smallest absolute Gasteiger partial charge is 0.320 e. The fraction of sp³-hybridized carbons (Fsp3) is 0.0909. The molecule has 14 heteroatoms. The van der Waals surface area contributed by atoms with E-state index < -0.39 is 23.3 Å². The molecule has 5 heterocycles. The number of nitrogens with zero attached hydrogens (tertiary/aromatic N) is 9. The van der Waals surface area contributed by atoms with Crippen LogP contribution < -0.4 is 5.32 Å². The minimum Gasteiger partial charge on any atom is -0.320 e. The summed E-state index contributed by atoms with van der Waals surface area (Å²) in [6.07, 6.45) is 2.95. The van der Waals surface area contributed by atoms with Gasteiger partial charge in [-0.15, -0.1) is 4.80 Å². The first-order valence-electron chi connectivity index (χ1n) is 10.3. The summed E-state index contributed by atoms with van der Waals surface area (Å²) in [4.78, 5) is 30.5. The monoisotopic (exact) mass is 492 g/mol. The molecule has 0 bridgehead atoms. The summed E-state index contributed by atoms with van der Waals surface area (Å²) < 4.78 is 43.1. The second kappa shape index (κ2) is 8.98. The topological polar surface area (TPSA) is 129 Å². The number of rotatable bonds is 6. The molecule has 0 aliphatic carbocycles. The average Bonchev–Trinajstić information content (AvgIpc) is 3.55. The predicted octanol–water partition coefficient (Wildman–Crippen LogP) is 3.26. The van der Waals surface area contributed by atoms with Gasteiger partial charge in [0.1, 0.15) is 0 Å². The molecule has 180 valence electrons. The predicted molar refractivity (Wildman–Crippen MR) is 122 cm³/mol. The van der Waals surface area contributed by atoms with E-state index in [2.05, 4.69) is 47.3 Å². The fourth-order valence-electron chi connectivity index (χ4n) is 3.62. The van der Waals surface area contributed by atoms with Gasteiger partial charge in [-0.3, -0.25) is 14.8 Å². The zero-order valence-corrected chi connectivity index (χ0v) is 18.3. The maximum absolute atomic E-state index is 14.2. The van der Waals surface area contributed by atoms with E-state index in [4.69, 9.17) is 0 Å². The van der Waals surface area contributed by atoms with Crippen LogP contribution in [-0.2, 0) is 12.7 Å². The van der Waals surface area contributed by atoms with Crippen LogP contribution in [0.15, 0.2) is 66.4 Å². The van der Waals surface area contributed by atoms with E-state index in [9.17, 15) is 18.0 Å². The van der Waals surface area contributed by atoms with Gasteiger partial charge in [0, 0.05) is 23.3 Å². The molecule has 0 unspecified atom stereocenters. The molecule has 11 nitrogen and oxygen atoms in total. The molecule has 0 aliphatic rings. The number of halogens is 3. The first-order valence-corrected chi connectivity index (χ1v) is 10.3. The number of carbonyl (C=O) groups is 1. The maximum atomic E-state index is 14.2. The molecule has 0 fully saturated rings. The average molecular weight is 492 g/mol.